The number of likely N-dealkylation sites (tertiary alicyclic amines) is 1. The molecule has 0 aromatic rings. The van der Waals surface area contributed by atoms with E-state index in [1.807, 2.05) is 6.92 Å². The summed E-state index contributed by atoms with van der Waals surface area (Å²) in [5, 5.41) is 0. The minimum Gasteiger partial charge on any atom is -0.368 e. The van der Waals surface area contributed by atoms with Crippen molar-refractivity contribution in [3.8, 4) is 0 Å². The van der Waals surface area contributed by atoms with Gasteiger partial charge in [0, 0.05) is 12.6 Å². The molecule has 4 N–H and O–H groups in total. The lowest BCUT2D eigenvalue weighted by Crippen LogP contribution is -2.53. The standard InChI is InChI=1S/C9H19N3O/c1-6-3-4-12(5-8(6)10)7(2)9(11)13/h6-8H,3-5,10H2,1-2H3,(H2,11,13). The van der Waals surface area contributed by atoms with Gasteiger partial charge in [0.05, 0.1) is 6.04 Å². The third-order valence-corrected chi connectivity index (χ3v) is 3.01. The van der Waals surface area contributed by atoms with Crippen molar-refractivity contribution in [3.63, 3.8) is 0 Å². The fourth-order valence-corrected chi connectivity index (χ4v) is 1.66. The first-order chi connectivity index (χ1) is 6.02. The van der Waals surface area contributed by atoms with E-state index in [2.05, 4.69) is 11.8 Å². The van der Waals surface area contributed by atoms with Crippen molar-refractivity contribution in [1.29, 1.82) is 0 Å². The molecule has 4 nitrogen and oxygen atoms in total. The maximum Gasteiger partial charge on any atom is 0.234 e. The Hall–Kier alpha value is -0.610. The molecule has 1 aliphatic rings. The Bertz CT molecular complexity index is 195. The van der Waals surface area contributed by atoms with Gasteiger partial charge in [0.25, 0.3) is 0 Å². The Balaban J connectivity index is 2.50. The molecule has 1 fully saturated rings. The van der Waals surface area contributed by atoms with E-state index in [0.717, 1.165) is 19.5 Å². The summed E-state index contributed by atoms with van der Waals surface area (Å²) in [6.45, 7) is 5.70. The molecule has 0 radical (unpaired) electrons. The number of nitrogens with zero attached hydrogens (tertiary/aromatic N) is 1. The van der Waals surface area contributed by atoms with Crippen LogP contribution in [-0.4, -0.2) is 36.0 Å². The van der Waals surface area contributed by atoms with Crippen LogP contribution in [0.2, 0.25) is 0 Å². The molecule has 0 spiro atoms. The number of hydrogen-bond donors (Lipinski definition) is 2. The highest BCUT2D eigenvalue weighted by Gasteiger charge is 2.27. The average Bonchev–Trinajstić information content (AvgIpc) is 2.08. The summed E-state index contributed by atoms with van der Waals surface area (Å²) in [6, 6.07) is -0.00546. The van der Waals surface area contributed by atoms with Gasteiger partial charge >= 0.3 is 0 Å². The second-order valence-electron chi connectivity index (χ2n) is 4.00. The number of rotatable bonds is 2. The molecule has 0 saturated carbocycles. The van der Waals surface area contributed by atoms with E-state index in [0.29, 0.717) is 5.92 Å². The van der Waals surface area contributed by atoms with Gasteiger partial charge in [-0.15, -0.1) is 0 Å². The Labute approximate surface area is 79.3 Å². The first-order valence-electron chi connectivity index (χ1n) is 4.81. The Morgan fingerprint density at radius 1 is 1.62 bits per heavy atom. The zero-order valence-corrected chi connectivity index (χ0v) is 8.36. The molecule has 0 aliphatic carbocycles. The van der Waals surface area contributed by atoms with E-state index in [9.17, 15) is 4.79 Å². The second-order valence-corrected chi connectivity index (χ2v) is 4.00. The van der Waals surface area contributed by atoms with Crippen LogP contribution < -0.4 is 11.5 Å². The topological polar surface area (TPSA) is 72.3 Å². The van der Waals surface area contributed by atoms with Crippen LogP contribution >= 0.6 is 0 Å². The van der Waals surface area contributed by atoms with Crippen LogP contribution in [0.15, 0.2) is 0 Å². The first-order valence-corrected chi connectivity index (χ1v) is 4.81. The van der Waals surface area contributed by atoms with Crippen molar-refractivity contribution in [3.05, 3.63) is 0 Å². The molecule has 1 saturated heterocycles. The predicted molar refractivity (Wildman–Crippen MR) is 52.0 cm³/mol. The number of carbonyl (C=O) groups excluding carboxylic acids is 1. The lowest BCUT2D eigenvalue weighted by atomic mass is 9.93. The summed E-state index contributed by atoms with van der Waals surface area (Å²) in [5.41, 5.74) is 11.1. The van der Waals surface area contributed by atoms with Crippen LogP contribution in [0, 0.1) is 5.92 Å². The van der Waals surface area contributed by atoms with Crippen molar-refractivity contribution < 1.29 is 4.79 Å². The number of carbonyl (C=O) groups is 1. The van der Waals surface area contributed by atoms with E-state index in [1.54, 1.807) is 0 Å². The van der Waals surface area contributed by atoms with Gasteiger partial charge in [-0.2, -0.15) is 0 Å². The molecule has 0 aromatic carbocycles. The fraction of sp³-hybridized carbons (Fsp3) is 0.889. The third-order valence-electron chi connectivity index (χ3n) is 3.01. The molecule has 76 valence electrons. The molecule has 1 amide bonds. The maximum absolute atomic E-state index is 10.9. The highest BCUT2D eigenvalue weighted by molar-refractivity contribution is 5.79. The normalized spacial score (nSPS) is 32.8. The summed E-state index contributed by atoms with van der Waals surface area (Å²) >= 11 is 0. The summed E-state index contributed by atoms with van der Waals surface area (Å²) in [7, 11) is 0. The minimum absolute atomic E-state index is 0.176. The van der Waals surface area contributed by atoms with E-state index >= 15 is 0 Å². The van der Waals surface area contributed by atoms with E-state index < -0.39 is 0 Å². The Morgan fingerprint density at radius 2 is 2.23 bits per heavy atom. The molecule has 3 unspecified atom stereocenters. The SMILES string of the molecule is CC1CCN(C(C)C(N)=O)CC1N. The summed E-state index contributed by atoms with van der Waals surface area (Å²) in [4.78, 5) is 13.0. The predicted octanol–water partition coefficient (Wildman–Crippen LogP) is -0.471. The highest BCUT2D eigenvalue weighted by atomic mass is 16.1. The number of amides is 1. The molecule has 0 bridgehead atoms. The van der Waals surface area contributed by atoms with E-state index in [4.69, 9.17) is 11.5 Å². The average molecular weight is 185 g/mol. The maximum atomic E-state index is 10.9. The van der Waals surface area contributed by atoms with Crippen LogP contribution in [0.4, 0.5) is 0 Å². The zero-order valence-electron chi connectivity index (χ0n) is 8.36. The van der Waals surface area contributed by atoms with Gasteiger partial charge in [0.1, 0.15) is 0 Å². The molecular weight excluding hydrogens is 166 g/mol. The van der Waals surface area contributed by atoms with Gasteiger partial charge < -0.3 is 11.5 Å². The molecule has 1 rings (SSSR count). The summed E-state index contributed by atoms with van der Waals surface area (Å²) in [6.07, 6.45) is 1.05. The molecule has 4 heteroatoms. The summed E-state index contributed by atoms with van der Waals surface area (Å²) in [5.74, 6) is 0.290. The molecule has 1 aliphatic heterocycles. The quantitative estimate of drug-likeness (QED) is 0.611. The lowest BCUT2D eigenvalue weighted by molar-refractivity contribution is -0.123. The monoisotopic (exact) mass is 185 g/mol. The van der Waals surface area contributed by atoms with Crippen LogP contribution in [0.3, 0.4) is 0 Å². The van der Waals surface area contributed by atoms with Crippen molar-refractivity contribution in [2.75, 3.05) is 13.1 Å². The molecule has 3 atom stereocenters. The van der Waals surface area contributed by atoms with Gasteiger partial charge in [-0.1, -0.05) is 6.92 Å². The van der Waals surface area contributed by atoms with Gasteiger partial charge in [0.15, 0.2) is 0 Å². The number of nitrogens with two attached hydrogens (primary N) is 2. The van der Waals surface area contributed by atoms with Gasteiger partial charge in [0.2, 0.25) is 5.91 Å². The lowest BCUT2D eigenvalue weighted by Gasteiger charge is -2.37. The number of piperidine rings is 1. The molecule has 1 heterocycles. The largest absolute Gasteiger partial charge is 0.368 e. The van der Waals surface area contributed by atoms with E-state index in [1.165, 1.54) is 0 Å². The molecule has 13 heavy (non-hydrogen) atoms. The van der Waals surface area contributed by atoms with Gasteiger partial charge in [-0.05, 0) is 25.8 Å². The first kappa shape index (κ1) is 10.5. The Morgan fingerprint density at radius 3 is 2.69 bits per heavy atom. The highest BCUT2D eigenvalue weighted by Crippen LogP contribution is 2.17. The van der Waals surface area contributed by atoms with E-state index in [-0.39, 0.29) is 18.0 Å². The molecule has 0 aromatic heterocycles. The zero-order chi connectivity index (χ0) is 10.0. The third kappa shape index (κ3) is 2.42. The van der Waals surface area contributed by atoms with Crippen molar-refractivity contribution in [2.45, 2.75) is 32.4 Å². The smallest absolute Gasteiger partial charge is 0.234 e. The van der Waals surface area contributed by atoms with Crippen molar-refractivity contribution in [1.82, 2.24) is 4.90 Å². The number of hydrogen-bond acceptors (Lipinski definition) is 3. The number of primary amides is 1. The Kier molecular flexibility index (Phi) is 3.27. The van der Waals surface area contributed by atoms with Crippen molar-refractivity contribution >= 4 is 5.91 Å². The van der Waals surface area contributed by atoms with Crippen molar-refractivity contribution in [2.24, 2.45) is 17.4 Å². The van der Waals surface area contributed by atoms with Gasteiger partial charge in [-0.25, -0.2) is 0 Å². The van der Waals surface area contributed by atoms with Gasteiger partial charge in [-0.3, -0.25) is 9.69 Å². The summed E-state index contributed by atoms with van der Waals surface area (Å²) < 4.78 is 0. The van der Waals surface area contributed by atoms with Crippen LogP contribution in [0.1, 0.15) is 20.3 Å². The molecular formula is C9H19N3O. The van der Waals surface area contributed by atoms with Crippen LogP contribution in [-0.2, 0) is 4.79 Å². The van der Waals surface area contributed by atoms with Crippen LogP contribution in [0.5, 0.6) is 0 Å². The fourth-order valence-electron chi connectivity index (χ4n) is 1.66. The van der Waals surface area contributed by atoms with Crippen LogP contribution in [0.25, 0.3) is 0 Å². The minimum atomic E-state index is -0.262. The second kappa shape index (κ2) is 4.07.